The van der Waals surface area contributed by atoms with Gasteiger partial charge in [-0.25, -0.2) is 4.79 Å². The van der Waals surface area contributed by atoms with Crippen molar-refractivity contribution in [2.45, 2.75) is 62.6 Å². The molecule has 0 amide bonds. The summed E-state index contributed by atoms with van der Waals surface area (Å²) in [6, 6.07) is 3.48. The fourth-order valence-corrected chi connectivity index (χ4v) is 9.30. The van der Waals surface area contributed by atoms with E-state index in [1.807, 2.05) is 0 Å². The molecular weight excluding hydrogens is 528 g/mol. The maximum absolute atomic E-state index is 12.9. The van der Waals surface area contributed by atoms with E-state index in [-0.39, 0.29) is 35.8 Å². The van der Waals surface area contributed by atoms with Crippen molar-refractivity contribution < 1.29 is 47.8 Å². The number of rotatable bonds is 5. The van der Waals surface area contributed by atoms with Crippen molar-refractivity contribution in [3.63, 3.8) is 0 Å². The lowest BCUT2D eigenvalue weighted by Crippen LogP contribution is -2.62. The molecule has 5 rings (SSSR count). The average Bonchev–Trinajstić information content (AvgIpc) is 3.13. The van der Waals surface area contributed by atoms with E-state index >= 15 is 0 Å². The lowest BCUT2D eigenvalue weighted by molar-refractivity contribution is -0.178. The molecule has 1 aromatic rings. The molecule has 0 radical (unpaired) electrons. The quantitative estimate of drug-likeness (QED) is 0.334. The number of carbonyl (C=O) groups excluding carboxylic acids is 2. The third kappa shape index (κ3) is 3.74. The summed E-state index contributed by atoms with van der Waals surface area (Å²) in [4.78, 5) is 37.2. The maximum Gasteiger partial charge on any atom is 0.336 e. The summed E-state index contributed by atoms with van der Waals surface area (Å²) in [5.74, 6) is -3.73. The lowest BCUT2D eigenvalue weighted by Gasteiger charge is -2.60. The number of carbonyl (C=O) groups is 3. The van der Waals surface area contributed by atoms with Gasteiger partial charge in [0.05, 0.1) is 11.7 Å². The highest BCUT2D eigenvalue weighted by Gasteiger charge is 2.68. The number of aromatic carboxylic acids is 1. The highest BCUT2D eigenvalue weighted by Crippen LogP contribution is 2.69. The van der Waals surface area contributed by atoms with Crippen LogP contribution in [0.5, 0.6) is 0 Å². The van der Waals surface area contributed by atoms with Crippen molar-refractivity contribution in [3.8, 4) is 0 Å². The van der Waals surface area contributed by atoms with Crippen LogP contribution in [-0.2, 0) is 19.7 Å². The van der Waals surface area contributed by atoms with Crippen molar-refractivity contribution in [1.82, 2.24) is 0 Å². The van der Waals surface area contributed by atoms with E-state index in [1.165, 1.54) is 24.3 Å². The highest BCUT2D eigenvalue weighted by molar-refractivity contribution is 7.86. The van der Waals surface area contributed by atoms with Crippen LogP contribution >= 0.6 is 0 Å². The summed E-state index contributed by atoms with van der Waals surface area (Å²) in [5, 5.41) is 42.7. The number of allylic oxidation sites excluding steroid dienone is 4. The number of hydrogen-bond acceptors (Lipinski definition) is 8. The molecule has 0 aliphatic heterocycles. The minimum Gasteiger partial charge on any atom is -0.478 e. The van der Waals surface area contributed by atoms with Crippen molar-refractivity contribution in [2.24, 2.45) is 28.6 Å². The molecule has 0 heterocycles. The average molecular weight is 561 g/mol. The first-order valence-corrected chi connectivity index (χ1v) is 14.4. The summed E-state index contributed by atoms with van der Waals surface area (Å²) in [7, 11) is -4.91. The molecule has 10 nitrogen and oxygen atoms in total. The van der Waals surface area contributed by atoms with E-state index in [0.717, 1.165) is 6.07 Å². The van der Waals surface area contributed by atoms with Crippen molar-refractivity contribution in [1.29, 1.82) is 0 Å². The zero-order valence-corrected chi connectivity index (χ0v) is 22.4. The van der Waals surface area contributed by atoms with Crippen molar-refractivity contribution in [3.05, 3.63) is 47.1 Å². The number of aliphatic hydroxyl groups is 3. The predicted octanol–water partition coefficient (Wildman–Crippen LogP) is 2.03. The van der Waals surface area contributed by atoms with E-state index in [1.54, 1.807) is 13.8 Å². The molecule has 210 valence electrons. The van der Waals surface area contributed by atoms with Crippen LogP contribution < -0.4 is 0 Å². The molecule has 39 heavy (non-hydrogen) atoms. The zero-order valence-electron chi connectivity index (χ0n) is 21.6. The molecule has 4 aliphatic rings. The zero-order chi connectivity index (χ0) is 28.7. The Bertz CT molecular complexity index is 1460. The fraction of sp³-hybridized carbons (Fsp3) is 0.536. The van der Waals surface area contributed by atoms with Gasteiger partial charge in [-0.1, -0.05) is 25.5 Å². The Hall–Kier alpha value is -2.70. The van der Waals surface area contributed by atoms with Gasteiger partial charge in [-0.15, -0.1) is 0 Å². The molecule has 7 atom stereocenters. The molecular formula is C28H32O10S. The van der Waals surface area contributed by atoms with Crippen LogP contribution in [0.15, 0.2) is 40.8 Å². The Morgan fingerprint density at radius 2 is 1.82 bits per heavy atom. The molecule has 4 aliphatic carbocycles. The van der Waals surface area contributed by atoms with E-state index < -0.39 is 73.2 Å². The Morgan fingerprint density at radius 3 is 2.44 bits per heavy atom. The van der Waals surface area contributed by atoms with Gasteiger partial charge in [0.1, 0.15) is 17.1 Å². The summed E-state index contributed by atoms with van der Waals surface area (Å²) in [6.45, 7) is 2.68. The molecule has 0 aromatic heterocycles. The number of fused-ring (bicyclic) bond motifs is 5. The highest BCUT2D eigenvalue weighted by atomic mass is 32.2. The minimum absolute atomic E-state index is 0.0108. The fourth-order valence-electron chi connectivity index (χ4n) is 8.57. The monoisotopic (exact) mass is 560 g/mol. The SMILES string of the molecule is C[C@@]12C(=CC(=O)C=C1c1c(C(=O)O)cccc1S(=O)(=O)O)CC[C@@H]1[C@@H]2[C@@H](O)C[C@@]2(C)[C@H]1CC[C@]2(O)C(=O)CO. The molecule has 0 unspecified atom stereocenters. The Kier molecular flexibility index (Phi) is 6.36. The van der Waals surface area contributed by atoms with Gasteiger partial charge in [0, 0.05) is 22.3 Å². The molecule has 1 aromatic carbocycles. The second-order valence-electron chi connectivity index (χ2n) is 11.8. The Morgan fingerprint density at radius 1 is 1.13 bits per heavy atom. The van der Waals surface area contributed by atoms with Crippen LogP contribution in [0, 0.1) is 28.6 Å². The topological polar surface area (TPSA) is 186 Å². The van der Waals surface area contributed by atoms with E-state index in [9.17, 15) is 47.8 Å². The molecule has 0 bridgehead atoms. The van der Waals surface area contributed by atoms with Crippen LogP contribution in [0.2, 0.25) is 0 Å². The van der Waals surface area contributed by atoms with Gasteiger partial charge in [-0.3, -0.25) is 14.1 Å². The number of ketones is 2. The first kappa shape index (κ1) is 27.9. The van der Waals surface area contributed by atoms with Gasteiger partial charge in [0.15, 0.2) is 11.6 Å². The molecule has 11 heteroatoms. The standard InChI is InChI=1S/C28H32O10S/c1-26-12-20(31)24-16(18(26)8-9-28(26,35)22(32)13-29)7-6-14-10-15(30)11-19(27(14,24)2)23-17(25(33)34)4-3-5-21(23)39(36,37)38/h3-5,10-11,16,18,20,24,29,31,35H,6-9,12-13H2,1-2H3,(H,33,34)(H,36,37,38)/t16-,18-,20-,24+,26-,27+,28-/m0/s1. The van der Waals surface area contributed by atoms with Crippen molar-refractivity contribution >= 4 is 33.2 Å². The lowest BCUT2D eigenvalue weighted by atomic mass is 9.44. The van der Waals surface area contributed by atoms with Gasteiger partial charge in [0.2, 0.25) is 0 Å². The van der Waals surface area contributed by atoms with E-state index in [0.29, 0.717) is 24.8 Å². The van der Waals surface area contributed by atoms with Gasteiger partial charge < -0.3 is 20.4 Å². The molecule has 0 spiro atoms. The van der Waals surface area contributed by atoms with E-state index in [2.05, 4.69) is 0 Å². The minimum atomic E-state index is -4.91. The summed E-state index contributed by atoms with van der Waals surface area (Å²) >= 11 is 0. The van der Waals surface area contributed by atoms with Crippen LogP contribution in [0.1, 0.15) is 61.9 Å². The second-order valence-corrected chi connectivity index (χ2v) is 13.2. The summed E-state index contributed by atoms with van der Waals surface area (Å²) in [6.07, 6.45) is 3.02. The smallest absolute Gasteiger partial charge is 0.336 e. The van der Waals surface area contributed by atoms with Crippen molar-refractivity contribution in [2.75, 3.05) is 6.61 Å². The molecule has 3 saturated carbocycles. The summed E-state index contributed by atoms with van der Waals surface area (Å²) < 4.78 is 34.9. The van der Waals surface area contributed by atoms with Gasteiger partial charge in [0.25, 0.3) is 10.1 Å². The molecule has 3 fully saturated rings. The number of hydrogen-bond donors (Lipinski definition) is 5. The predicted molar refractivity (Wildman–Crippen MR) is 137 cm³/mol. The number of aliphatic hydroxyl groups excluding tert-OH is 2. The first-order valence-electron chi connectivity index (χ1n) is 13.0. The third-order valence-corrected chi connectivity index (χ3v) is 11.2. The van der Waals surface area contributed by atoms with E-state index in [4.69, 9.17) is 0 Å². The van der Waals surface area contributed by atoms with Gasteiger partial charge in [-0.05, 0) is 73.8 Å². The van der Waals surface area contributed by atoms with Gasteiger partial charge >= 0.3 is 5.97 Å². The molecule has 0 saturated heterocycles. The number of benzene rings is 1. The third-order valence-electron chi connectivity index (χ3n) is 10.3. The Labute approximate surface area is 225 Å². The van der Waals surface area contributed by atoms with Crippen LogP contribution in [0.25, 0.3) is 5.57 Å². The number of carboxylic acids is 1. The summed E-state index contributed by atoms with van der Waals surface area (Å²) in [5.41, 5.74) is -4.03. The largest absolute Gasteiger partial charge is 0.478 e. The molecule has 5 N–H and O–H groups in total. The van der Waals surface area contributed by atoms with Gasteiger partial charge in [-0.2, -0.15) is 8.42 Å². The number of carboxylic acid groups (broad SMARTS) is 1. The second kappa shape index (κ2) is 8.90. The normalized spacial score (nSPS) is 37.7. The maximum atomic E-state index is 12.9. The van der Waals surface area contributed by atoms with Crippen LogP contribution in [0.3, 0.4) is 0 Å². The van der Waals surface area contributed by atoms with Crippen LogP contribution in [0.4, 0.5) is 0 Å². The Balaban J connectivity index is 1.72. The number of Topliss-reactive ketones (excluding diaryl/α,β-unsaturated/α-hetero) is 1. The first-order chi connectivity index (χ1) is 18.1. The van der Waals surface area contributed by atoms with Crippen LogP contribution in [-0.4, -0.2) is 69.2 Å².